The SMILES string of the molecule is COc1cc(C=O)cc2c1OC1C2C(C(=O)NCCO)=CC(N(CCCOC(C)C)C(=O)C2CCOC2)C1O. The summed E-state index contributed by atoms with van der Waals surface area (Å²) in [5.41, 5.74) is 1.16. The molecule has 1 fully saturated rings. The lowest BCUT2D eigenvalue weighted by atomic mass is 9.77. The smallest absolute Gasteiger partial charge is 0.247 e. The lowest BCUT2D eigenvalue weighted by molar-refractivity contribution is -0.141. The predicted molar refractivity (Wildman–Crippen MR) is 140 cm³/mol. The van der Waals surface area contributed by atoms with Crippen LogP contribution in [-0.2, 0) is 19.1 Å². The molecule has 2 aliphatic heterocycles. The molecule has 214 valence electrons. The number of aldehydes is 1. The number of aliphatic hydroxyl groups excluding tert-OH is 2. The summed E-state index contributed by atoms with van der Waals surface area (Å²) in [5.74, 6) is -1.03. The monoisotopic (exact) mass is 546 g/mol. The van der Waals surface area contributed by atoms with Crippen LogP contribution < -0.4 is 14.8 Å². The molecule has 0 saturated carbocycles. The van der Waals surface area contributed by atoms with Gasteiger partial charge in [0.2, 0.25) is 11.8 Å². The van der Waals surface area contributed by atoms with Crippen molar-refractivity contribution in [1.29, 1.82) is 0 Å². The summed E-state index contributed by atoms with van der Waals surface area (Å²) in [6.45, 7) is 5.16. The first kappa shape index (κ1) is 29.0. The Morgan fingerprint density at radius 1 is 1.31 bits per heavy atom. The maximum atomic E-state index is 13.7. The Morgan fingerprint density at radius 2 is 2.10 bits per heavy atom. The highest BCUT2D eigenvalue weighted by molar-refractivity contribution is 5.96. The first-order chi connectivity index (χ1) is 18.8. The zero-order valence-corrected chi connectivity index (χ0v) is 22.6. The molecule has 39 heavy (non-hydrogen) atoms. The second kappa shape index (κ2) is 12.9. The van der Waals surface area contributed by atoms with Gasteiger partial charge in [0, 0.05) is 43.0 Å². The molecule has 1 saturated heterocycles. The van der Waals surface area contributed by atoms with Gasteiger partial charge in [-0.15, -0.1) is 0 Å². The zero-order chi connectivity index (χ0) is 28.1. The molecular formula is C28H38N2O9. The largest absolute Gasteiger partial charge is 0.493 e. The van der Waals surface area contributed by atoms with Gasteiger partial charge in [0.25, 0.3) is 0 Å². The maximum absolute atomic E-state index is 13.7. The Kier molecular flexibility index (Phi) is 9.60. The van der Waals surface area contributed by atoms with Crippen molar-refractivity contribution in [3.8, 4) is 11.5 Å². The fourth-order valence-electron chi connectivity index (χ4n) is 5.48. The van der Waals surface area contributed by atoms with Gasteiger partial charge in [0.1, 0.15) is 18.5 Å². The molecular weight excluding hydrogens is 508 g/mol. The van der Waals surface area contributed by atoms with E-state index in [1.807, 2.05) is 13.8 Å². The average molecular weight is 547 g/mol. The Balaban J connectivity index is 1.74. The van der Waals surface area contributed by atoms with Crippen molar-refractivity contribution in [3.05, 3.63) is 34.9 Å². The minimum absolute atomic E-state index is 0.0286. The minimum Gasteiger partial charge on any atom is -0.493 e. The standard InChI is InChI=1S/C28H38N2O9/c1-16(2)38-9-4-7-30(28(35)18-5-10-37-15-18)21-13-20(27(34)29-6-8-31)23-19-11-17(14-32)12-22(36-3)25(19)39-26(23)24(21)33/h11-14,16,18,21,23-24,26,31,33H,4-10,15H2,1-3H3,(H,29,34). The molecule has 1 aliphatic carbocycles. The number of nitrogens with zero attached hydrogens (tertiary/aromatic N) is 1. The number of amides is 2. The number of fused-ring (bicyclic) bond motifs is 3. The van der Waals surface area contributed by atoms with Gasteiger partial charge in [-0.25, -0.2) is 0 Å². The molecule has 0 radical (unpaired) electrons. The third kappa shape index (κ3) is 6.11. The fourth-order valence-corrected chi connectivity index (χ4v) is 5.48. The van der Waals surface area contributed by atoms with E-state index >= 15 is 0 Å². The highest BCUT2D eigenvalue weighted by Crippen LogP contribution is 2.51. The van der Waals surface area contributed by atoms with Gasteiger partial charge in [-0.05, 0) is 44.9 Å². The van der Waals surface area contributed by atoms with Crippen LogP contribution in [0.3, 0.4) is 0 Å². The normalized spacial score (nSPS) is 25.4. The summed E-state index contributed by atoms with van der Waals surface area (Å²) in [4.78, 5) is 40.3. The van der Waals surface area contributed by atoms with Crippen LogP contribution in [0.2, 0.25) is 0 Å². The van der Waals surface area contributed by atoms with E-state index in [4.69, 9.17) is 18.9 Å². The number of hydrogen-bond acceptors (Lipinski definition) is 9. The van der Waals surface area contributed by atoms with Crippen molar-refractivity contribution in [3.63, 3.8) is 0 Å². The van der Waals surface area contributed by atoms with Crippen molar-refractivity contribution in [1.82, 2.24) is 10.2 Å². The van der Waals surface area contributed by atoms with Gasteiger partial charge in [0.15, 0.2) is 11.5 Å². The number of methoxy groups -OCH3 is 1. The van der Waals surface area contributed by atoms with Crippen LogP contribution in [0.1, 0.15) is 48.5 Å². The highest BCUT2D eigenvalue weighted by Gasteiger charge is 2.51. The van der Waals surface area contributed by atoms with Crippen molar-refractivity contribution >= 4 is 18.1 Å². The number of benzene rings is 1. The number of hydrogen-bond donors (Lipinski definition) is 3. The van der Waals surface area contributed by atoms with E-state index in [-0.39, 0.29) is 36.7 Å². The second-order valence-corrected chi connectivity index (χ2v) is 10.3. The molecule has 11 nitrogen and oxygen atoms in total. The van der Waals surface area contributed by atoms with Crippen molar-refractivity contribution < 1.29 is 43.5 Å². The Labute approximate surface area is 228 Å². The lowest BCUT2D eigenvalue weighted by Crippen LogP contribution is -2.57. The summed E-state index contributed by atoms with van der Waals surface area (Å²) in [7, 11) is 1.45. The number of carbonyl (C=O) groups excluding carboxylic acids is 3. The van der Waals surface area contributed by atoms with Crippen molar-refractivity contribution in [2.75, 3.05) is 46.6 Å². The lowest BCUT2D eigenvalue weighted by Gasteiger charge is -2.41. The highest BCUT2D eigenvalue weighted by atomic mass is 16.5. The first-order valence-electron chi connectivity index (χ1n) is 13.4. The molecule has 1 aromatic carbocycles. The number of aliphatic hydroxyl groups is 2. The van der Waals surface area contributed by atoms with E-state index in [0.29, 0.717) is 68.1 Å². The summed E-state index contributed by atoms with van der Waals surface area (Å²) in [6, 6.07) is 2.30. The molecule has 3 aliphatic rings. The van der Waals surface area contributed by atoms with Gasteiger partial charge < -0.3 is 39.4 Å². The third-order valence-electron chi connectivity index (χ3n) is 7.33. The van der Waals surface area contributed by atoms with E-state index in [2.05, 4.69) is 5.32 Å². The Bertz CT molecular complexity index is 1080. The summed E-state index contributed by atoms with van der Waals surface area (Å²) >= 11 is 0. The van der Waals surface area contributed by atoms with Crippen LogP contribution >= 0.6 is 0 Å². The van der Waals surface area contributed by atoms with E-state index in [0.717, 1.165) is 0 Å². The van der Waals surface area contributed by atoms with Crippen LogP contribution in [0.25, 0.3) is 0 Å². The molecule has 2 amide bonds. The molecule has 3 N–H and O–H groups in total. The first-order valence-corrected chi connectivity index (χ1v) is 13.4. The molecule has 11 heteroatoms. The van der Waals surface area contributed by atoms with Crippen molar-refractivity contribution in [2.45, 2.75) is 57.0 Å². The Morgan fingerprint density at radius 3 is 2.74 bits per heavy atom. The van der Waals surface area contributed by atoms with E-state index in [9.17, 15) is 24.6 Å². The summed E-state index contributed by atoms with van der Waals surface area (Å²) in [6.07, 6.45) is 1.35. The van der Waals surface area contributed by atoms with E-state index in [1.165, 1.54) is 13.2 Å². The van der Waals surface area contributed by atoms with Gasteiger partial charge >= 0.3 is 0 Å². The predicted octanol–water partition coefficient (Wildman–Crippen LogP) is 0.811. The molecule has 0 bridgehead atoms. The quantitative estimate of drug-likeness (QED) is 0.256. The summed E-state index contributed by atoms with van der Waals surface area (Å²) in [5, 5.41) is 23.7. The number of rotatable bonds is 12. The maximum Gasteiger partial charge on any atom is 0.247 e. The topological polar surface area (TPSA) is 144 Å². The molecule has 4 rings (SSSR count). The molecule has 2 heterocycles. The van der Waals surface area contributed by atoms with Crippen LogP contribution in [-0.4, -0.2) is 104 Å². The van der Waals surface area contributed by atoms with Gasteiger partial charge in [-0.2, -0.15) is 0 Å². The fraction of sp³-hybridized carbons (Fsp3) is 0.607. The Hall–Kier alpha value is -2.99. The average Bonchev–Trinajstić information content (AvgIpc) is 3.60. The van der Waals surface area contributed by atoms with Gasteiger partial charge in [-0.1, -0.05) is 0 Å². The van der Waals surface area contributed by atoms with Crippen LogP contribution in [0, 0.1) is 5.92 Å². The van der Waals surface area contributed by atoms with Crippen LogP contribution in [0.5, 0.6) is 11.5 Å². The third-order valence-corrected chi connectivity index (χ3v) is 7.33. The van der Waals surface area contributed by atoms with Crippen LogP contribution in [0.4, 0.5) is 0 Å². The minimum atomic E-state index is -1.18. The van der Waals surface area contributed by atoms with E-state index in [1.54, 1.807) is 17.0 Å². The van der Waals surface area contributed by atoms with Gasteiger partial charge in [0.05, 0.1) is 44.3 Å². The van der Waals surface area contributed by atoms with Crippen molar-refractivity contribution in [2.24, 2.45) is 5.92 Å². The molecule has 0 spiro atoms. The number of nitrogens with one attached hydrogen (secondary N) is 1. The zero-order valence-electron chi connectivity index (χ0n) is 22.6. The summed E-state index contributed by atoms with van der Waals surface area (Å²) < 4.78 is 22.8. The number of ether oxygens (including phenoxy) is 4. The van der Waals surface area contributed by atoms with E-state index < -0.39 is 30.1 Å². The molecule has 1 aromatic rings. The molecule has 5 unspecified atom stereocenters. The van der Waals surface area contributed by atoms with Crippen LogP contribution in [0.15, 0.2) is 23.8 Å². The second-order valence-electron chi connectivity index (χ2n) is 10.3. The van der Waals surface area contributed by atoms with Gasteiger partial charge in [-0.3, -0.25) is 14.4 Å². The number of carbonyl (C=O) groups is 3. The molecule has 5 atom stereocenters. The molecule has 0 aromatic heterocycles.